The number of carbonyl (C=O) groups excluding carboxylic acids is 1. The lowest BCUT2D eigenvalue weighted by Gasteiger charge is -2.18. The SMILES string of the molecule is O=C(CCC(CC(F)(F)F)c1ccncc1)c1ccccc1. The first-order valence-corrected chi connectivity index (χ1v) is 7.00. The molecule has 0 saturated heterocycles. The number of aromatic nitrogens is 1. The quantitative estimate of drug-likeness (QED) is 0.719. The molecular formula is C17H16F3NO. The van der Waals surface area contributed by atoms with E-state index in [9.17, 15) is 18.0 Å². The van der Waals surface area contributed by atoms with Crippen LogP contribution in [-0.4, -0.2) is 16.9 Å². The standard InChI is InChI=1S/C17H16F3NO/c18-17(19,20)12-15(13-8-10-21-11-9-13)6-7-16(22)14-4-2-1-3-5-14/h1-5,8-11,15H,6-7,12H2. The average Bonchev–Trinajstić information content (AvgIpc) is 2.52. The number of hydrogen-bond acceptors (Lipinski definition) is 2. The van der Waals surface area contributed by atoms with Gasteiger partial charge in [0.1, 0.15) is 0 Å². The second kappa shape index (κ2) is 7.20. The van der Waals surface area contributed by atoms with Crippen molar-refractivity contribution in [2.24, 2.45) is 0 Å². The molecule has 2 nitrogen and oxygen atoms in total. The van der Waals surface area contributed by atoms with E-state index in [1.807, 2.05) is 0 Å². The Morgan fingerprint density at radius 3 is 2.27 bits per heavy atom. The fourth-order valence-electron chi connectivity index (χ4n) is 2.38. The van der Waals surface area contributed by atoms with Gasteiger partial charge in [0.05, 0.1) is 6.42 Å². The number of carbonyl (C=O) groups is 1. The first-order chi connectivity index (χ1) is 10.5. The lowest BCUT2D eigenvalue weighted by atomic mass is 9.90. The van der Waals surface area contributed by atoms with Crippen LogP contribution in [0.4, 0.5) is 13.2 Å². The molecule has 1 aromatic carbocycles. The van der Waals surface area contributed by atoms with Gasteiger partial charge in [0.25, 0.3) is 0 Å². The molecule has 1 heterocycles. The van der Waals surface area contributed by atoms with Gasteiger partial charge in [-0.15, -0.1) is 0 Å². The van der Waals surface area contributed by atoms with Crippen molar-refractivity contribution in [1.82, 2.24) is 4.98 Å². The summed E-state index contributed by atoms with van der Waals surface area (Å²) in [5.41, 5.74) is 1.09. The van der Waals surface area contributed by atoms with Crippen LogP contribution < -0.4 is 0 Å². The number of nitrogens with zero attached hydrogens (tertiary/aromatic N) is 1. The highest BCUT2D eigenvalue weighted by Crippen LogP contribution is 2.34. The van der Waals surface area contributed by atoms with Crippen LogP contribution >= 0.6 is 0 Å². The Kier molecular flexibility index (Phi) is 5.31. The summed E-state index contributed by atoms with van der Waals surface area (Å²) >= 11 is 0. The molecule has 0 radical (unpaired) electrons. The van der Waals surface area contributed by atoms with Crippen molar-refractivity contribution >= 4 is 5.78 Å². The second-order valence-electron chi connectivity index (χ2n) is 5.12. The summed E-state index contributed by atoms with van der Waals surface area (Å²) in [5, 5.41) is 0. The Morgan fingerprint density at radius 2 is 1.68 bits per heavy atom. The molecule has 1 unspecified atom stereocenters. The van der Waals surface area contributed by atoms with E-state index in [1.54, 1.807) is 42.5 Å². The Bertz CT molecular complexity index is 596. The van der Waals surface area contributed by atoms with E-state index < -0.39 is 18.5 Å². The highest BCUT2D eigenvalue weighted by atomic mass is 19.4. The van der Waals surface area contributed by atoms with Crippen LogP contribution in [0.25, 0.3) is 0 Å². The van der Waals surface area contributed by atoms with Gasteiger partial charge in [0.2, 0.25) is 0 Å². The molecule has 1 aromatic heterocycles. The van der Waals surface area contributed by atoms with Crippen molar-refractivity contribution in [1.29, 1.82) is 0 Å². The van der Waals surface area contributed by atoms with Crippen LogP contribution in [0.2, 0.25) is 0 Å². The molecule has 0 aliphatic carbocycles. The van der Waals surface area contributed by atoms with Crippen molar-refractivity contribution in [3.63, 3.8) is 0 Å². The number of halogens is 3. The van der Waals surface area contributed by atoms with E-state index in [4.69, 9.17) is 0 Å². The molecule has 5 heteroatoms. The number of Topliss-reactive ketones (excluding diaryl/α,β-unsaturated/α-hetero) is 1. The molecular weight excluding hydrogens is 291 g/mol. The van der Waals surface area contributed by atoms with Crippen LogP contribution in [-0.2, 0) is 0 Å². The summed E-state index contributed by atoms with van der Waals surface area (Å²) in [4.78, 5) is 15.9. The molecule has 1 atom stereocenters. The topological polar surface area (TPSA) is 30.0 Å². The fraction of sp³-hybridized carbons (Fsp3) is 0.294. The summed E-state index contributed by atoms with van der Waals surface area (Å²) in [6, 6.07) is 11.8. The minimum Gasteiger partial charge on any atom is -0.294 e. The zero-order valence-corrected chi connectivity index (χ0v) is 11.9. The first kappa shape index (κ1) is 16.2. The van der Waals surface area contributed by atoms with Gasteiger partial charge in [0, 0.05) is 24.4 Å². The second-order valence-corrected chi connectivity index (χ2v) is 5.12. The highest BCUT2D eigenvalue weighted by molar-refractivity contribution is 5.95. The predicted molar refractivity (Wildman–Crippen MR) is 77.7 cm³/mol. The lowest BCUT2D eigenvalue weighted by molar-refractivity contribution is -0.139. The molecule has 0 bridgehead atoms. The van der Waals surface area contributed by atoms with E-state index in [1.165, 1.54) is 12.4 Å². The van der Waals surface area contributed by atoms with Gasteiger partial charge in [0.15, 0.2) is 5.78 Å². The maximum atomic E-state index is 12.7. The first-order valence-electron chi connectivity index (χ1n) is 7.00. The summed E-state index contributed by atoms with van der Waals surface area (Å²) in [6.07, 6.45) is -2.00. The smallest absolute Gasteiger partial charge is 0.294 e. The maximum absolute atomic E-state index is 12.7. The predicted octanol–water partition coefficient (Wildman–Crippen LogP) is 4.78. The Labute approximate surface area is 127 Å². The molecule has 0 aliphatic rings. The van der Waals surface area contributed by atoms with Gasteiger partial charge in [-0.1, -0.05) is 30.3 Å². The number of benzene rings is 1. The van der Waals surface area contributed by atoms with Gasteiger partial charge in [-0.25, -0.2) is 0 Å². The van der Waals surface area contributed by atoms with Gasteiger partial charge < -0.3 is 0 Å². The number of pyridine rings is 1. The van der Waals surface area contributed by atoms with Crippen LogP contribution in [0.15, 0.2) is 54.9 Å². The lowest BCUT2D eigenvalue weighted by Crippen LogP contribution is -2.15. The third-order valence-electron chi connectivity index (χ3n) is 3.47. The third-order valence-corrected chi connectivity index (χ3v) is 3.47. The van der Waals surface area contributed by atoms with Crippen molar-refractivity contribution in [3.8, 4) is 0 Å². The maximum Gasteiger partial charge on any atom is 0.389 e. The molecule has 0 spiro atoms. The molecule has 2 aromatic rings. The van der Waals surface area contributed by atoms with Crippen LogP contribution in [0.1, 0.15) is 41.1 Å². The largest absolute Gasteiger partial charge is 0.389 e. The summed E-state index contributed by atoms with van der Waals surface area (Å²) < 4.78 is 38.2. The zero-order chi connectivity index (χ0) is 16.0. The normalized spacial score (nSPS) is 12.9. The molecule has 0 amide bonds. The molecule has 0 aliphatic heterocycles. The van der Waals surface area contributed by atoms with E-state index in [0.717, 1.165) is 0 Å². The fourth-order valence-corrected chi connectivity index (χ4v) is 2.38. The molecule has 116 valence electrons. The van der Waals surface area contributed by atoms with Gasteiger partial charge in [-0.05, 0) is 30.0 Å². The van der Waals surface area contributed by atoms with E-state index in [-0.39, 0.29) is 18.6 Å². The number of hydrogen-bond donors (Lipinski definition) is 0. The van der Waals surface area contributed by atoms with E-state index >= 15 is 0 Å². The number of alkyl halides is 3. The number of rotatable bonds is 6. The Balaban J connectivity index is 2.05. The van der Waals surface area contributed by atoms with Gasteiger partial charge in [-0.3, -0.25) is 9.78 Å². The minimum atomic E-state index is -4.26. The van der Waals surface area contributed by atoms with Crippen molar-refractivity contribution in [2.45, 2.75) is 31.4 Å². The number of ketones is 1. The van der Waals surface area contributed by atoms with Gasteiger partial charge in [-0.2, -0.15) is 13.2 Å². The third kappa shape index (κ3) is 4.98. The van der Waals surface area contributed by atoms with Crippen molar-refractivity contribution < 1.29 is 18.0 Å². The molecule has 0 N–H and O–H groups in total. The Morgan fingerprint density at radius 1 is 1.05 bits per heavy atom. The van der Waals surface area contributed by atoms with Gasteiger partial charge >= 0.3 is 6.18 Å². The molecule has 2 rings (SSSR count). The summed E-state index contributed by atoms with van der Waals surface area (Å²) in [7, 11) is 0. The van der Waals surface area contributed by atoms with E-state index in [0.29, 0.717) is 11.1 Å². The zero-order valence-electron chi connectivity index (χ0n) is 11.9. The van der Waals surface area contributed by atoms with Crippen molar-refractivity contribution in [2.75, 3.05) is 0 Å². The average molecular weight is 307 g/mol. The monoisotopic (exact) mass is 307 g/mol. The molecule has 22 heavy (non-hydrogen) atoms. The van der Waals surface area contributed by atoms with Crippen LogP contribution in [0, 0.1) is 0 Å². The molecule has 0 fully saturated rings. The minimum absolute atomic E-state index is 0.0904. The van der Waals surface area contributed by atoms with E-state index in [2.05, 4.69) is 4.98 Å². The summed E-state index contributed by atoms with van der Waals surface area (Å²) in [5.74, 6) is -0.863. The summed E-state index contributed by atoms with van der Waals surface area (Å²) in [6.45, 7) is 0. The van der Waals surface area contributed by atoms with Crippen molar-refractivity contribution in [3.05, 3.63) is 66.0 Å². The Hall–Kier alpha value is -2.17. The van der Waals surface area contributed by atoms with Crippen LogP contribution in [0.5, 0.6) is 0 Å². The highest BCUT2D eigenvalue weighted by Gasteiger charge is 2.32. The molecule has 0 saturated carbocycles. The van der Waals surface area contributed by atoms with Crippen LogP contribution in [0.3, 0.4) is 0 Å².